The average Bonchev–Trinajstić information content (AvgIpc) is 4.00. The number of hydrogen-bond donors (Lipinski definition) is 1. The molecule has 1 fully saturated rings. The molecule has 0 heterocycles. The third-order valence-electron chi connectivity index (χ3n) is 9.15. The zero-order valence-corrected chi connectivity index (χ0v) is 30.9. The molecular weight excluding hydrogens is 623 g/mol. The van der Waals surface area contributed by atoms with Crippen LogP contribution in [0.15, 0.2) is 73.3 Å². The number of carbonyl (C=O) groups is 1. The van der Waals surface area contributed by atoms with Crippen molar-refractivity contribution in [2.24, 2.45) is 17.8 Å². The van der Waals surface area contributed by atoms with Gasteiger partial charge in [-0.25, -0.2) is 0 Å². The standard InChI is InChI=1S/C36H47NO3.C5H10.CH3F.F2/c1-7-10-13-28(22-26(4)9-3)25-37(27(5)31-14-11-15-34(23-31)40-6)36(39)35-24-32(17-16-30(35)12-8-2)29-18-20-33(38)21-19-29;1-2-5-3-4-5;2*1-2/h11,14-21,23-24,26,28,38H,5,7-10,12-13,22,25H2,1-4,6H3;5H,2-4H2,1H3;1H3;. The van der Waals surface area contributed by atoms with E-state index in [1.165, 1.54) is 19.3 Å². The largest absolute Gasteiger partial charge is 0.508 e. The molecule has 2 unspecified atom stereocenters. The Hall–Kier alpha value is -3.74. The minimum atomic E-state index is -0.0115. The van der Waals surface area contributed by atoms with Crippen molar-refractivity contribution >= 4 is 11.6 Å². The second-order valence-electron chi connectivity index (χ2n) is 12.9. The number of amides is 1. The van der Waals surface area contributed by atoms with Crippen molar-refractivity contribution in [1.29, 1.82) is 0 Å². The molecule has 0 spiro atoms. The van der Waals surface area contributed by atoms with Crippen molar-refractivity contribution in [3.63, 3.8) is 0 Å². The van der Waals surface area contributed by atoms with E-state index >= 15 is 0 Å². The molecule has 0 aliphatic heterocycles. The van der Waals surface area contributed by atoms with Crippen molar-refractivity contribution in [2.45, 2.75) is 98.8 Å². The Morgan fingerprint density at radius 3 is 2.14 bits per heavy atom. The van der Waals surface area contributed by atoms with Crippen molar-refractivity contribution < 1.29 is 28.2 Å². The number of phenols is 1. The molecule has 0 saturated heterocycles. The summed E-state index contributed by atoms with van der Waals surface area (Å²) in [5, 5.41) is 9.79. The van der Waals surface area contributed by atoms with Crippen LogP contribution in [0.5, 0.6) is 11.5 Å². The van der Waals surface area contributed by atoms with Crippen molar-refractivity contribution in [2.75, 3.05) is 20.8 Å². The fourth-order valence-electron chi connectivity index (χ4n) is 5.81. The summed E-state index contributed by atoms with van der Waals surface area (Å²) in [6.45, 7) is 16.3. The second-order valence-corrected chi connectivity index (χ2v) is 12.9. The Kier molecular flexibility index (Phi) is 21.6. The number of phenolic OH excluding ortho intramolecular Hbond substituents is 1. The molecule has 0 bridgehead atoms. The highest BCUT2D eigenvalue weighted by atomic mass is 20.0. The summed E-state index contributed by atoms with van der Waals surface area (Å²) in [5.74, 6) is 3.07. The van der Waals surface area contributed by atoms with Gasteiger partial charge in [-0.2, -0.15) is 0 Å². The van der Waals surface area contributed by atoms with Crippen molar-refractivity contribution in [1.82, 2.24) is 4.90 Å². The molecule has 0 aromatic heterocycles. The molecule has 4 nitrogen and oxygen atoms in total. The molecule has 3 aromatic rings. The minimum absolute atomic E-state index is 0.0115. The monoisotopic (exact) mass is 683 g/mol. The highest BCUT2D eigenvalue weighted by molar-refractivity contribution is 6.01. The van der Waals surface area contributed by atoms with Gasteiger partial charge in [0.05, 0.1) is 14.3 Å². The number of ether oxygens (including phenoxy) is 1. The summed E-state index contributed by atoms with van der Waals surface area (Å²) in [5.41, 5.74) is 5.27. The summed E-state index contributed by atoms with van der Waals surface area (Å²) >= 11 is 0. The maximum Gasteiger partial charge on any atom is 0.258 e. The van der Waals surface area contributed by atoms with E-state index in [1.807, 2.05) is 47.4 Å². The molecule has 1 aliphatic rings. The van der Waals surface area contributed by atoms with Gasteiger partial charge in [0, 0.05) is 32.5 Å². The third kappa shape index (κ3) is 14.7. The van der Waals surface area contributed by atoms with E-state index < -0.39 is 0 Å². The first-order valence-electron chi connectivity index (χ1n) is 17.8. The Bertz CT molecular complexity index is 1360. The molecule has 1 saturated carbocycles. The van der Waals surface area contributed by atoms with Gasteiger partial charge in [0.1, 0.15) is 11.5 Å². The summed E-state index contributed by atoms with van der Waals surface area (Å²) < 4.78 is 31.0. The topological polar surface area (TPSA) is 49.8 Å². The number of unbranched alkanes of at least 4 members (excludes halogenated alkanes) is 1. The van der Waals surface area contributed by atoms with Crippen LogP contribution in [0.4, 0.5) is 13.5 Å². The molecule has 1 aliphatic carbocycles. The average molecular weight is 684 g/mol. The van der Waals surface area contributed by atoms with Crippen LogP contribution in [0.2, 0.25) is 0 Å². The number of carbonyl (C=O) groups excluding carboxylic acids is 1. The fourth-order valence-corrected chi connectivity index (χ4v) is 5.81. The Morgan fingerprint density at radius 2 is 1.61 bits per heavy atom. The minimum Gasteiger partial charge on any atom is -0.508 e. The predicted molar refractivity (Wildman–Crippen MR) is 200 cm³/mol. The molecule has 4 rings (SSSR count). The SMILES string of the molecule is C=C(c1cccc(OC)c1)N(CC(CCCC)CC(C)CC)C(=O)c1cc(-c2ccc(O)cc2)ccc1CCC.CCC1CC1.CF.FF. The molecule has 272 valence electrons. The van der Waals surface area contributed by atoms with E-state index in [2.05, 4.69) is 53.3 Å². The van der Waals surface area contributed by atoms with Gasteiger partial charge in [-0.15, -0.1) is 0 Å². The zero-order valence-electron chi connectivity index (χ0n) is 30.9. The number of alkyl halides is 1. The fraction of sp³-hybridized carbons (Fsp3) is 0.500. The van der Waals surface area contributed by atoms with Crippen molar-refractivity contribution in [3.8, 4) is 22.6 Å². The van der Waals surface area contributed by atoms with E-state index in [-0.39, 0.29) is 11.7 Å². The molecule has 1 N–H and O–H groups in total. The van der Waals surface area contributed by atoms with Gasteiger partial charge in [-0.3, -0.25) is 9.18 Å². The summed E-state index contributed by atoms with van der Waals surface area (Å²) in [7, 11) is 2.16. The molecule has 1 amide bonds. The molecule has 0 radical (unpaired) electrons. The lowest BCUT2D eigenvalue weighted by Crippen LogP contribution is -2.35. The highest BCUT2D eigenvalue weighted by Crippen LogP contribution is 2.32. The van der Waals surface area contributed by atoms with E-state index in [0.29, 0.717) is 36.8 Å². The lowest BCUT2D eigenvalue weighted by Gasteiger charge is -2.31. The Balaban J connectivity index is 0.00000118. The first kappa shape index (κ1) is 43.3. The lowest BCUT2D eigenvalue weighted by molar-refractivity contribution is 0.0807. The number of benzene rings is 3. The van der Waals surface area contributed by atoms with Crippen LogP contribution in [-0.4, -0.2) is 36.7 Å². The van der Waals surface area contributed by atoms with Gasteiger partial charge in [0.25, 0.3) is 5.91 Å². The smallest absolute Gasteiger partial charge is 0.258 e. The van der Waals surface area contributed by atoms with Crippen LogP contribution >= 0.6 is 0 Å². The first-order valence-corrected chi connectivity index (χ1v) is 17.8. The highest BCUT2D eigenvalue weighted by Gasteiger charge is 2.26. The quantitative estimate of drug-likeness (QED) is 0.163. The van der Waals surface area contributed by atoms with E-state index in [9.17, 15) is 14.3 Å². The van der Waals surface area contributed by atoms with E-state index in [0.717, 1.165) is 78.9 Å². The first-order chi connectivity index (χ1) is 23.7. The van der Waals surface area contributed by atoms with Crippen LogP contribution in [0.3, 0.4) is 0 Å². The Morgan fingerprint density at radius 1 is 0.959 bits per heavy atom. The number of nitrogens with zero attached hydrogens (tertiary/aromatic N) is 1. The van der Waals surface area contributed by atoms with Crippen LogP contribution in [0.1, 0.15) is 114 Å². The number of aryl methyl sites for hydroxylation is 1. The second kappa shape index (κ2) is 24.4. The third-order valence-corrected chi connectivity index (χ3v) is 9.15. The summed E-state index contributed by atoms with van der Waals surface area (Å²) in [4.78, 5) is 16.5. The number of halogens is 3. The molecule has 3 aromatic carbocycles. The van der Waals surface area contributed by atoms with E-state index in [4.69, 9.17) is 13.9 Å². The molecular formula is C42H60F3NO3. The number of hydrogen-bond acceptors (Lipinski definition) is 3. The van der Waals surface area contributed by atoms with Gasteiger partial charge < -0.3 is 14.7 Å². The van der Waals surface area contributed by atoms with Gasteiger partial charge in [-0.05, 0) is 84.0 Å². The van der Waals surface area contributed by atoms with Gasteiger partial charge >= 0.3 is 0 Å². The number of rotatable bonds is 16. The maximum absolute atomic E-state index is 14.6. The molecule has 7 heteroatoms. The molecule has 2 atom stereocenters. The van der Waals surface area contributed by atoms with Crippen LogP contribution < -0.4 is 4.74 Å². The van der Waals surface area contributed by atoms with Crippen LogP contribution in [-0.2, 0) is 6.42 Å². The van der Waals surface area contributed by atoms with E-state index in [1.54, 1.807) is 19.2 Å². The van der Waals surface area contributed by atoms with Gasteiger partial charge in [0.2, 0.25) is 0 Å². The van der Waals surface area contributed by atoms with Gasteiger partial charge in [0.15, 0.2) is 0 Å². The number of aromatic hydroxyl groups is 1. The van der Waals surface area contributed by atoms with Crippen LogP contribution in [0.25, 0.3) is 16.8 Å². The van der Waals surface area contributed by atoms with Crippen molar-refractivity contribution in [3.05, 3.63) is 90.0 Å². The predicted octanol–water partition coefficient (Wildman–Crippen LogP) is 12.6. The van der Waals surface area contributed by atoms with Gasteiger partial charge in [-0.1, -0.05) is 123 Å². The van der Waals surface area contributed by atoms with Crippen LogP contribution in [0, 0.1) is 17.8 Å². The maximum atomic E-state index is 14.6. The summed E-state index contributed by atoms with van der Waals surface area (Å²) in [6, 6.07) is 21.1. The normalized spacial score (nSPS) is 12.9. The summed E-state index contributed by atoms with van der Waals surface area (Å²) in [6.07, 6.45) is 11.8. The Labute approximate surface area is 294 Å². The molecule has 49 heavy (non-hydrogen) atoms. The lowest BCUT2D eigenvalue weighted by atomic mass is 9.89. The number of methoxy groups -OCH3 is 1. The zero-order chi connectivity index (χ0) is 36.8.